The number of pyridine rings is 1. The fourth-order valence-electron chi connectivity index (χ4n) is 8.81. The summed E-state index contributed by atoms with van der Waals surface area (Å²) in [6, 6.07) is 22.5. The molecule has 9 nitrogen and oxygen atoms in total. The van der Waals surface area contributed by atoms with Crippen LogP contribution in [0.25, 0.3) is 0 Å². The number of nitrogens with one attached hydrogen (secondary N) is 1. The van der Waals surface area contributed by atoms with Gasteiger partial charge in [0.2, 0.25) is 11.8 Å². The van der Waals surface area contributed by atoms with Crippen LogP contribution in [0.1, 0.15) is 41.0 Å². The third-order valence-corrected chi connectivity index (χ3v) is 11.6. The quantitative estimate of drug-likeness (QED) is 0.156. The summed E-state index contributed by atoms with van der Waals surface area (Å²) in [4.78, 5) is 63.2. The van der Waals surface area contributed by atoms with Crippen LogP contribution in [0.2, 0.25) is 10.0 Å². The lowest BCUT2D eigenvalue weighted by Gasteiger charge is -2.50. The van der Waals surface area contributed by atoms with Crippen molar-refractivity contribution in [3.8, 4) is 5.75 Å². The monoisotopic (exact) mass is 760 g/mol. The molecule has 6 atom stereocenters. The Hall–Kier alpha value is -5.20. The van der Waals surface area contributed by atoms with Gasteiger partial charge in [0.05, 0.1) is 40.3 Å². The molecule has 0 bridgehead atoms. The standard InChI is InChI=1S/C39H29Cl2F3N4O5/c40-24-10-8-22(9-11-24)38-29(35(51)48(37(38)53)46-33-30(41)16-23(18-45-33)39(42,43)44)17-28-26(32(38)21-6-12-25(49)13-7-21)14-15-27-31(28)36(52)47(34(27)50)19-20-4-2-1-3-5-20/h1-14,16,18,27-29,31-32,49H,15,17,19H2,(H,45,46). The number of hydrogen-bond donors (Lipinski definition) is 2. The van der Waals surface area contributed by atoms with Crippen LogP contribution in [0, 0.1) is 23.7 Å². The Kier molecular flexibility index (Phi) is 8.38. The van der Waals surface area contributed by atoms with Crippen LogP contribution < -0.4 is 5.43 Å². The molecule has 3 heterocycles. The Morgan fingerprint density at radius 2 is 1.58 bits per heavy atom. The SMILES string of the molecule is O=C1C2CC=C3C(CC4C(=O)N(Nc5ncc(C(F)(F)F)cc5Cl)C(=O)C4(c4ccc(Cl)cc4)C3c3ccc(O)cc3)C2C(=O)N1Cc1ccccc1. The molecule has 270 valence electrons. The van der Waals surface area contributed by atoms with Gasteiger partial charge in [-0.15, -0.1) is 0 Å². The molecule has 53 heavy (non-hydrogen) atoms. The summed E-state index contributed by atoms with van der Waals surface area (Å²) >= 11 is 12.5. The van der Waals surface area contributed by atoms with Crippen LogP contribution in [0.3, 0.4) is 0 Å². The molecule has 2 saturated heterocycles. The largest absolute Gasteiger partial charge is 0.508 e. The topological polar surface area (TPSA) is 120 Å². The van der Waals surface area contributed by atoms with Crippen molar-refractivity contribution in [1.82, 2.24) is 14.9 Å². The number of phenols is 1. The van der Waals surface area contributed by atoms with E-state index in [0.29, 0.717) is 34.0 Å². The normalized spacial score (nSPS) is 26.7. The summed E-state index contributed by atoms with van der Waals surface area (Å²) in [7, 11) is 0. The molecule has 1 aromatic heterocycles. The molecule has 1 saturated carbocycles. The number of aromatic hydroxyl groups is 1. The number of nitrogens with zero attached hydrogens (tertiary/aromatic N) is 3. The lowest BCUT2D eigenvalue weighted by molar-refractivity contribution is -0.142. The van der Waals surface area contributed by atoms with E-state index in [1.54, 1.807) is 36.4 Å². The molecule has 6 unspecified atom stereocenters. The van der Waals surface area contributed by atoms with Gasteiger partial charge in [0, 0.05) is 17.1 Å². The Morgan fingerprint density at radius 1 is 0.887 bits per heavy atom. The predicted molar refractivity (Wildman–Crippen MR) is 187 cm³/mol. The molecule has 3 aromatic carbocycles. The number of benzene rings is 3. The predicted octanol–water partition coefficient (Wildman–Crippen LogP) is 7.30. The second-order valence-corrected chi connectivity index (χ2v) is 14.6. The lowest BCUT2D eigenvalue weighted by Crippen LogP contribution is -2.53. The smallest absolute Gasteiger partial charge is 0.417 e. The first-order valence-electron chi connectivity index (χ1n) is 16.8. The maximum Gasteiger partial charge on any atom is 0.417 e. The minimum atomic E-state index is -4.74. The maximum absolute atomic E-state index is 15.2. The van der Waals surface area contributed by atoms with Crippen molar-refractivity contribution in [3.63, 3.8) is 0 Å². The van der Waals surface area contributed by atoms with E-state index in [9.17, 15) is 32.7 Å². The van der Waals surface area contributed by atoms with Gasteiger partial charge in [-0.25, -0.2) is 4.98 Å². The number of allylic oxidation sites excluding steroid dienone is 2. The van der Waals surface area contributed by atoms with Gasteiger partial charge in [0.25, 0.3) is 11.8 Å². The number of hydrogen-bond acceptors (Lipinski definition) is 7. The van der Waals surface area contributed by atoms with Crippen LogP contribution >= 0.6 is 23.2 Å². The van der Waals surface area contributed by atoms with Gasteiger partial charge < -0.3 is 5.11 Å². The van der Waals surface area contributed by atoms with E-state index in [1.807, 2.05) is 36.4 Å². The molecule has 8 rings (SSSR count). The molecule has 0 spiro atoms. The van der Waals surface area contributed by atoms with E-state index in [-0.39, 0.29) is 42.8 Å². The van der Waals surface area contributed by atoms with Gasteiger partial charge in [-0.05, 0) is 65.8 Å². The van der Waals surface area contributed by atoms with Crippen molar-refractivity contribution >= 4 is 52.6 Å². The number of fused-ring (bicyclic) bond motifs is 4. The minimum absolute atomic E-state index is 0.000662. The molecule has 4 aromatic rings. The average molecular weight is 762 g/mol. The van der Waals surface area contributed by atoms with Crippen LogP contribution in [0.5, 0.6) is 5.75 Å². The lowest BCUT2D eigenvalue weighted by atomic mass is 9.49. The molecular formula is C39H29Cl2F3N4O5. The molecule has 14 heteroatoms. The van der Waals surface area contributed by atoms with Gasteiger partial charge >= 0.3 is 6.18 Å². The first kappa shape index (κ1) is 34.9. The molecule has 4 amide bonds. The Bertz CT molecular complexity index is 2200. The summed E-state index contributed by atoms with van der Waals surface area (Å²) in [6.45, 7) is 0.0864. The van der Waals surface area contributed by atoms with E-state index < -0.39 is 63.6 Å². The molecule has 2 N–H and O–H groups in total. The zero-order valence-corrected chi connectivity index (χ0v) is 29.1. The van der Waals surface area contributed by atoms with E-state index in [1.165, 1.54) is 17.0 Å². The highest BCUT2D eigenvalue weighted by Crippen LogP contribution is 2.64. The number of halogens is 5. The number of carbonyl (C=O) groups excluding carboxylic acids is 4. The number of rotatable bonds is 6. The number of alkyl halides is 3. The van der Waals surface area contributed by atoms with Gasteiger partial charge in [0.15, 0.2) is 5.82 Å². The van der Waals surface area contributed by atoms with Crippen LogP contribution in [0.15, 0.2) is 103 Å². The third-order valence-electron chi connectivity index (χ3n) is 11.1. The summed E-state index contributed by atoms with van der Waals surface area (Å²) in [5, 5.41) is 10.9. The molecule has 3 fully saturated rings. The number of hydrazine groups is 1. The van der Waals surface area contributed by atoms with Gasteiger partial charge in [-0.3, -0.25) is 29.5 Å². The number of imide groups is 2. The zero-order valence-electron chi connectivity index (χ0n) is 27.6. The molecule has 0 radical (unpaired) electrons. The second-order valence-electron chi connectivity index (χ2n) is 13.8. The third kappa shape index (κ3) is 5.49. The van der Waals surface area contributed by atoms with Gasteiger partial charge in [-0.1, -0.05) is 89.4 Å². The van der Waals surface area contributed by atoms with Crippen molar-refractivity contribution < 1.29 is 37.5 Å². The van der Waals surface area contributed by atoms with Crippen LogP contribution in [-0.2, 0) is 37.3 Å². The zero-order chi connectivity index (χ0) is 37.4. The molecule has 2 aliphatic heterocycles. The maximum atomic E-state index is 15.2. The van der Waals surface area contributed by atoms with Gasteiger partial charge in [-0.2, -0.15) is 18.2 Å². The number of aromatic nitrogens is 1. The highest BCUT2D eigenvalue weighted by atomic mass is 35.5. The Balaban J connectivity index is 1.28. The first-order chi connectivity index (χ1) is 25.3. The van der Waals surface area contributed by atoms with Crippen molar-refractivity contribution in [2.75, 3.05) is 5.43 Å². The van der Waals surface area contributed by atoms with E-state index in [0.717, 1.165) is 10.6 Å². The number of likely N-dealkylation sites (tertiary alicyclic amines) is 1. The number of carbonyl (C=O) groups is 4. The average Bonchev–Trinajstić information content (AvgIpc) is 3.50. The Morgan fingerprint density at radius 3 is 2.25 bits per heavy atom. The van der Waals surface area contributed by atoms with E-state index >= 15 is 4.79 Å². The van der Waals surface area contributed by atoms with E-state index in [4.69, 9.17) is 23.2 Å². The molecule has 2 aliphatic carbocycles. The number of anilines is 1. The van der Waals surface area contributed by atoms with Crippen molar-refractivity contribution in [1.29, 1.82) is 0 Å². The van der Waals surface area contributed by atoms with E-state index in [2.05, 4.69) is 10.4 Å². The van der Waals surface area contributed by atoms with Crippen LogP contribution in [0.4, 0.5) is 19.0 Å². The highest BCUT2D eigenvalue weighted by Gasteiger charge is 2.70. The summed E-state index contributed by atoms with van der Waals surface area (Å²) < 4.78 is 40.3. The summed E-state index contributed by atoms with van der Waals surface area (Å²) in [6.07, 6.45) is -2.08. The first-order valence-corrected chi connectivity index (χ1v) is 17.6. The molecule has 4 aliphatic rings. The summed E-state index contributed by atoms with van der Waals surface area (Å²) in [5.41, 5.74) is 2.29. The number of phenolic OH excluding ortho intramolecular Hbond substituents is 1. The van der Waals surface area contributed by atoms with Crippen molar-refractivity contribution in [2.45, 2.75) is 36.9 Å². The van der Waals surface area contributed by atoms with Crippen molar-refractivity contribution in [2.24, 2.45) is 23.7 Å². The fourth-order valence-corrected chi connectivity index (χ4v) is 9.15. The highest BCUT2D eigenvalue weighted by molar-refractivity contribution is 6.33. The second kappa shape index (κ2) is 12.7. The Labute approximate surface area is 311 Å². The van der Waals surface area contributed by atoms with Gasteiger partial charge in [0.1, 0.15) is 5.75 Å². The fraction of sp³-hybridized carbons (Fsp3) is 0.256. The van der Waals surface area contributed by atoms with Crippen molar-refractivity contribution in [3.05, 3.63) is 135 Å². The van der Waals surface area contributed by atoms with Crippen LogP contribution in [-0.4, -0.2) is 43.6 Å². The molecular weight excluding hydrogens is 732 g/mol. The number of amides is 4. The minimum Gasteiger partial charge on any atom is -0.508 e. The summed E-state index contributed by atoms with van der Waals surface area (Å²) in [5.74, 6) is -6.67.